The molecule has 0 aromatic carbocycles. The lowest BCUT2D eigenvalue weighted by molar-refractivity contribution is 0.197. The maximum Gasteiger partial charge on any atom is 0.242 e. The lowest BCUT2D eigenvalue weighted by atomic mass is 10.2. The minimum atomic E-state index is 0.424. The highest BCUT2D eigenvalue weighted by atomic mass is 16.5. The molecule has 1 aromatic rings. The summed E-state index contributed by atoms with van der Waals surface area (Å²) >= 11 is 0. The van der Waals surface area contributed by atoms with Crippen LogP contribution < -0.4 is 15.8 Å². The van der Waals surface area contributed by atoms with Gasteiger partial charge in [0, 0.05) is 20.3 Å². The monoisotopic (exact) mass is 268 g/mol. The van der Waals surface area contributed by atoms with E-state index in [1.807, 2.05) is 6.92 Å². The Hall–Kier alpha value is -1.56. The molecule has 1 heterocycles. The van der Waals surface area contributed by atoms with Gasteiger partial charge < -0.3 is 20.5 Å². The normalized spacial score (nSPS) is 10.8. The Labute approximate surface area is 114 Å². The standard InChI is InChI=1S/C13H24N4O2/c1-9(2)8-19-13-11(14)12(16-10(3)17-13)15-6-5-7-18-4/h9H,5-8,14H2,1-4H3,(H,15,16,17). The van der Waals surface area contributed by atoms with Crippen molar-refractivity contribution >= 4 is 11.5 Å². The van der Waals surface area contributed by atoms with Crippen LogP contribution in [0.15, 0.2) is 0 Å². The first-order valence-electron chi connectivity index (χ1n) is 6.54. The van der Waals surface area contributed by atoms with Gasteiger partial charge in [-0.1, -0.05) is 13.8 Å². The van der Waals surface area contributed by atoms with Gasteiger partial charge in [-0.05, 0) is 19.3 Å². The van der Waals surface area contributed by atoms with Crippen LogP contribution in [0.1, 0.15) is 26.1 Å². The van der Waals surface area contributed by atoms with Gasteiger partial charge >= 0.3 is 0 Å². The fraction of sp³-hybridized carbons (Fsp3) is 0.692. The Bertz CT molecular complexity index is 396. The topological polar surface area (TPSA) is 82.3 Å². The average Bonchev–Trinajstić information content (AvgIpc) is 2.36. The minimum absolute atomic E-state index is 0.424. The number of nitrogens with zero attached hydrogens (tertiary/aromatic N) is 2. The van der Waals surface area contributed by atoms with Gasteiger partial charge in [0.25, 0.3) is 0 Å². The molecule has 0 radical (unpaired) electrons. The molecule has 0 aliphatic carbocycles. The van der Waals surface area contributed by atoms with Crippen molar-refractivity contribution in [2.45, 2.75) is 27.2 Å². The molecule has 0 saturated heterocycles. The fourth-order valence-electron chi connectivity index (χ4n) is 1.47. The molecule has 1 aromatic heterocycles. The highest BCUT2D eigenvalue weighted by Crippen LogP contribution is 2.26. The maximum absolute atomic E-state index is 6.01. The Morgan fingerprint density at radius 1 is 1.32 bits per heavy atom. The Morgan fingerprint density at radius 2 is 2.05 bits per heavy atom. The van der Waals surface area contributed by atoms with Crippen molar-refractivity contribution in [3.63, 3.8) is 0 Å². The quantitative estimate of drug-likeness (QED) is 0.700. The smallest absolute Gasteiger partial charge is 0.242 e. The number of methoxy groups -OCH3 is 1. The van der Waals surface area contributed by atoms with E-state index in [1.54, 1.807) is 7.11 Å². The van der Waals surface area contributed by atoms with Gasteiger partial charge in [0.05, 0.1) is 6.61 Å². The lowest BCUT2D eigenvalue weighted by Gasteiger charge is -2.14. The van der Waals surface area contributed by atoms with Crippen LogP contribution >= 0.6 is 0 Å². The molecule has 0 saturated carbocycles. The van der Waals surface area contributed by atoms with E-state index in [9.17, 15) is 0 Å². The van der Waals surface area contributed by atoms with Crippen LogP contribution in [0.4, 0.5) is 11.5 Å². The fourth-order valence-corrected chi connectivity index (χ4v) is 1.47. The summed E-state index contributed by atoms with van der Waals surface area (Å²) in [5.74, 6) is 2.15. The predicted octanol–water partition coefficient (Wildman–Crippen LogP) is 1.85. The predicted molar refractivity (Wildman–Crippen MR) is 76.5 cm³/mol. The van der Waals surface area contributed by atoms with Crippen molar-refractivity contribution in [1.82, 2.24) is 9.97 Å². The molecule has 0 unspecified atom stereocenters. The number of aryl methyl sites for hydroxylation is 1. The second-order valence-corrected chi connectivity index (χ2v) is 4.82. The molecule has 0 bridgehead atoms. The number of nitrogen functional groups attached to an aromatic ring is 1. The molecule has 0 aliphatic heterocycles. The SMILES string of the molecule is COCCCNc1nc(C)nc(OCC(C)C)c1N. The molecule has 6 nitrogen and oxygen atoms in total. The van der Waals surface area contributed by atoms with Gasteiger partial charge in [0.1, 0.15) is 11.5 Å². The number of nitrogens with one attached hydrogen (secondary N) is 1. The molecule has 0 aliphatic rings. The largest absolute Gasteiger partial charge is 0.476 e. The van der Waals surface area contributed by atoms with Gasteiger partial charge in [0.15, 0.2) is 5.82 Å². The van der Waals surface area contributed by atoms with E-state index in [0.29, 0.717) is 42.3 Å². The summed E-state index contributed by atoms with van der Waals surface area (Å²) in [4.78, 5) is 8.52. The number of anilines is 2. The van der Waals surface area contributed by atoms with Crippen LogP contribution in [-0.2, 0) is 4.74 Å². The second-order valence-electron chi connectivity index (χ2n) is 4.82. The van der Waals surface area contributed by atoms with Crippen LogP contribution in [-0.4, -0.2) is 36.8 Å². The van der Waals surface area contributed by atoms with Crippen molar-refractivity contribution in [3.8, 4) is 5.88 Å². The molecule has 3 N–H and O–H groups in total. The summed E-state index contributed by atoms with van der Waals surface area (Å²) in [6, 6.07) is 0. The van der Waals surface area contributed by atoms with E-state index >= 15 is 0 Å². The number of hydrogen-bond acceptors (Lipinski definition) is 6. The summed E-state index contributed by atoms with van der Waals surface area (Å²) < 4.78 is 10.6. The second kappa shape index (κ2) is 7.78. The highest BCUT2D eigenvalue weighted by molar-refractivity contribution is 5.66. The highest BCUT2D eigenvalue weighted by Gasteiger charge is 2.11. The van der Waals surface area contributed by atoms with Gasteiger partial charge in [-0.15, -0.1) is 0 Å². The van der Waals surface area contributed by atoms with E-state index in [4.69, 9.17) is 15.2 Å². The summed E-state index contributed by atoms with van der Waals surface area (Å²) in [5.41, 5.74) is 6.47. The number of ether oxygens (including phenoxy) is 2. The first-order chi connectivity index (χ1) is 9.04. The van der Waals surface area contributed by atoms with Gasteiger partial charge in [-0.3, -0.25) is 0 Å². The molecule has 19 heavy (non-hydrogen) atoms. The third-order valence-corrected chi connectivity index (χ3v) is 2.39. The maximum atomic E-state index is 6.01. The van der Waals surface area contributed by atoms with Gasteiger partial charge in [-0.2, -0.15) is 4.98 Å². The van der Waals surface area contributed by atoms with Crippen molar-refractivity contribution in [3.05, 3.63) is 5.82 Å². The number of hydrogen-bond donors (Lipinski definition) is 2. The zero-order valence-corrected chi connectivity index (χ0v) is 12.2. The molecule has 0 atom stereocenters. The molecular weight excluding hydrogens is 244 g/mol. The van der Waals surface area contributed by atoms with Crippen molar-refractivity contribution in [2.75, 3.05) is 37.9 Å². The zero-order valence-electron chi connectivity index (χ0n) is 12.2. The lowest BCUT2D eigenvalue weighted by Crippen LogP contribution is -2.13. The average molecular weight is 268 g/mol. The number of rotatable bonds is 8. The molecule has 108 valence electrons. The minimum Gasteiger partial charge on any atom is -0.476 e. The molecule has 0 amide bonds. The van der Waals surface area contributed by atoms with Crippen LogP contribution in [0, 0.1) is 12.8 Å². The van der Waals surface area contributed by atoms with E-state index < -0.39 is 0 Å². The zero-order chi connectivity index (χ0) is 14.3. The molecule has 0 spiro atoms. The van der Waals surface area contributed by atoms with E-state index in [-0.39, 0.29) is 0 Å². The van der Waals surface area contributed by atoms with Crippen molar-refractivity contribution in [2.24, 2.45) is 5.92 Å². The van der Waals surface area contributed by atoms with E-state index in [1.165, 1.54) is 0 Å². The number of nitrogens with two attached hydrogens (primary N) is 1. The summed E-state index contributed by atoms with van der Waals surface area (Å²) in [7, 11) is 1.68. The van der Waals surface area contributed by atoms with E-state index in [0.717, 1.165) is 13.0 Å². The Balaban J connectivity index is 2.69. The first kappa shape index (κ1) is 15.5. The Morgan fingerprint density at radius 3 is 2.68 bits per heavy atom. The van der Waals surface area contributed by atoms with Gasteiger partial charge in [-0.25, -0.2) is 4.98 Å². The first-order valence-corrected chi connectivity index (χ1v) is 6.54. The van der Waals surface area contributed by atoms with Crippen LogP contribution in [0.3, 0.4) is 0 Å². The van der Waals surface area contributed by atoms with Crippen LogP contribution in [0.5, 0.6) is 5.88 Å². The molecule has 6 heteroatoms. The van der Waals surface area contributed by atoms with Crippen LogP contribution in [0.2, 0.25) is 0 Å². The van der Waals surface area contributed by atoms with Crippen molar-refractivity contribution in [1.29, 1.82) is 0 Å². The summed E-state index contributed by atoms with van der Waals surface area (Å²) in [6.45, 7) is 8.01. The molecule has 0 fully saturated rings. The third kappa shape index (κ3) is 5.30. The van der Waals surface area contributed by atoms with Crippen molar-refractivity contribution < 1.29 is 9.47 Å². The summed E-state index contributed by atoms with van der Waals surface area (Å²) in [6.07, 6.45) is 0.890. The summed E-state index contributed by atoms with van der Waals surface area (Å²) in [5, 5.41) is 3.18. The molecular formula is C13H24N4O2. The Kier molecular flexibility index (Phi) is 6.35. The van der Waals surface area contributed by atoms with Gasteiger partial charge in [0.2, 0.25) is 5.88 Å². The van der Waals surface area contributed by atoms with Crippen LogP contribution in [0.25, 0.3) is 0 Å². The van der Waals surface area contributed by atoms with E-state index in [2.05, 4.69) is 29.1 Å². The number of aromatic nitrogens is 2. The third-order valence-electron chi connectivity index (χ3n) is 2.39. The molecule has 1 rings (SSSR count).